The highest BCUT2D eigenvalue weighted by atomic mass is 35.5. The smallest absolute Gasteiger partial charge is 0.212 e. The number of halogens is 1. The highest BCUT2D eigenvalue weighted by molar-refractivity contribution is 6.20. The summed E-state index contributed by atoms with van der Waals surface area (Å²) in [5.41, 5.74) is 0.767. The number of oxazole rings is 1. The van der Waals surface area contributed by atoms with Crippen LogP contribution in [-0.2, 0) is 7.05 Å². The van der Waals surface area contributed by atoms with Crippen LogP contribution in [-0.4, -0.2) is 14.5 Å². The van der Waals surface area contributed by atoms with E-state index in [1.165, 1.54) is 0 Å². The van der Waals surface area contributed by atoms with E-state index in [-0.39, 0.29) is 5.38 Å². The Labute approximate surface area is 86.5 Å². The van der Waals surface area contributed by atoms with E-state index in [4.69, 9.17) is 16.0 Å². The molecule has 0 radical (unpaired) electrons. The van der Waals surface area contributed by atoms with Gasteiger partial charge in [-0.05, 0) is 6.92 Å². The molecule has 1 atom stereocenters. The maximum Gasteiger partial charge on any atom is 0.212 e. The van der Waals surface area contributed by atoms with Crippen LogP contribution in [0.3, 0.4) is 0 Å². The Morgan fingerprint density at radius 1 is 1.50 bits per heavy atom. The zero-order valence-corrected chi connectivity index (χ0v) is 8.69. The second kappa shape index (κ2) is 3.46. The average Bonchev–Trinajstić information content (AvgIpc) is 2.70. The van der Waals surface area contributed by atoms with Crippen LogP contribution in [0.4, 0.5) is 0 Å². The Balaban J connectivity index is 2.33. The molecule has 0 N–H and O–H groups in total. The van der Waals surface area contributed by atoms with Crippen LogP contribution in [0.2, 0.25) is 0 Å². The van der Waals surface area contributed by atoms with Gasteiger partial charge in [0.05, 0.1) is 12.5 Å². The third-order valence-corrected chi connectivity index (χ3v) is 2.01. The summed E-state index contributed by atoms with van der Waals surface area (Å²) in [5.74, 6) is 1.17. The molecule has 5 heteroatoms. The summed E-state index contributed by atoms with van der Waals surface area (Å²) in [4.78, 5) is 8.20. The zero-order valence-electron chi connectivity index (χ0n) is 7.94. The van der Waals surface area contributed by atoms with Crippen LogP contribution in [0.1, 0.15) is 18.2 Å². The number of aromatic nitrogens is 3. The van der Waals surface area contributed by atoms with Gasteiger partial charge in [0, 0.05) is 13.2 Å². The minimum Gasteiger partial charge on any atom is -0.437 e. The summed E-state index contributed by atoms with van der Waals surface area (Å²) >= 11 is 5.83. The van der Waals surface area contributed by atoms with Crippen LogP contribution in [0.15, 0.2) is 23.1 Å². The second-order valence-electron chi connectivity index (χ2n) is 3.10. The molecule has 14 heavy (non-hydrogen) atoms. The van der Waals surface area contributed by atoms with E-state index in [2.05, 4.69) is 9.97 Å². The highest BCUT2D eigenvalue weighted by Gasteiger charge is 2.11. The molecule has 2 rings (SSSR count). The van der Waals surface area contributed by atoms with Gasteiger partial charge in [0.2, 0.25) is 5.89 Å². The van der Waals surface area contributed by atoms with Gasteiger partial charge in [-0.25, -0.2) is 9.97 Å². The molecule has 2 aromatic rings. The highest BCUT2D eigenvalue weighted by Crippen LogP contribution is 2.24. The molecule has 0 aliphatic carbocycles. The molecule has 1 unspecified atom stereocenters. The second-order valence-corrected chi connectivity index (χ2v) is 3.76. The van der Waals surface area contributed by atoms with E-state index in [1.54, 1.807) is 12.5 Å². The van der Waals surface area contributed by atoms with Gasteiger partial charge in [-0.15, -0.1) is 11.6 Å². The first-order chi connectivity index (χ1) is 6.66. The predicted molar refractivity (Wildman–Crippen MR) is 53.0 cm³/mol. The van der Waals surface area contributed by atoms with Crippen molar-refractivity contribution in [2.45, 2.75) is 12.3 Å². The van der Waals surface area contributed by atoms with Gasteiger partial charge in [0.1, 0.15) is 11.1 Å². The first-order valence-electron chi connectivity index (χ1n) is 4.25. The summed E-state index contributed by atoms with van der Waals surface area (Å²) in [6, 6.07) is 0. The molecule has 4 nitrogen and oxygen atoms in total. The lowest BCUT2D eigenvalue weighted by molar-refractivity contribution is 0.507. The lowest BCUT2D eigenvalue weighted by Gasteiger charge is -1.93. The van der Waals surface area contributed by atoms with Crippen LogP contribution in [0.5, 0.6) is 0 Å². The molecular weight excluding hydrogens is 202 g/mol. The van der Waals surface area contributed by atoms with Crippen molar-refractivity contribution in [2.75, 3.05) is 0 Å². The Bertz CT molecular complexity index is 433. The first kappa shape index (κ1) is 9.27. The fraction of sp³-hybridized carbons (Fsp3) is 0.333. The molecule has 74 valence electrons. The number of rotatable bonds is 2. The normalized spacial score (nSPS) is 13.1. The van der Waals surface area contributed by atoms with Gasteiger partial charge in [-0.3, -0.25) is 0 Å². The topological polar surface area (TPSA) is 43.9 Å². The standard InChI is InChI=1S/C9H10ClN3O/c1-6(10)9-11-3-8(14-9)7-4-13(2)5-12-7/h3-6H,1-2H3. The minimum absolute atomic E-state index is 0.215. The van der Waals surface area contributed by atoms with E-state index in [1.807, 2.05) is 24.7 Å². The van der Waals surface area contributed by atoms with Crippen molar-refractivity contribution in [3.63, 3.8) is 0 Å². The number of alkyl halides is 1. The quantitative estimate of drug-likeness (QED) is 0.717. The van der Waals surface area contributed by atoms with Gasteiger partial charge < -0.3 is 8.98 Å². The lowest BCUT2D eigenvalue weighted by Crippen LogP contribution is -1.80. The third-order valence-electron chi connectivity index (χ3n) is 1.82. The number of aryl methyl sites for hydroxylation is 1. The maximum absolute atomic E-state index is 5.83. The zero-order chi connectivity index (χ0) is 10.1. The molecule has 0 aromatic carbocycles. The Kier molecular flexibility index (Phi) is 2.29. The molecular formula is C9H10ClN3O. The van der Waals surface area contributed by atoms with Crippen molar-refractivity contribution >= 4 is 11.6 Å². The van der Waals surface area contributed by atoms with Crippen molar-refractivity contribution in [2.24, 2.45) is 7.05 Å². The van der Waals surface area contributed by atoms with Gasteiger partial charge in [0.15, 0.2) is 5.76 Å². The number of hydrogen-bond acceptors (Lipinski definition) is 3. The molecule has 0 amide bonds. The van der Waals surface area contributed by atoms with Gasteiger partial charge in [-0.2, -0.15) is 0 Å². The SMILES string of the molecule is CC(Cl)c1ncc(-c2cn(C)cn2)o1. The largest absolute Gasteiger partial charge is 0.437 e. The van der Waals surface area contributed by atoms with Crippen molar-refractivity contribution in [3.05, 3.63) is 24.6 Å². The molecule has 0 saturated carbocycles. The molecule has 0 saturated heterocycles. The fourth-order valence-corrected chi connectivity index (χ4v) is 1.23. The van der Waals surface area contributed by atoms with Crippen LogP contribution in [0.25, 0.3) is 11.5 Å². The maximum atomic E-state index is 5.83. The van der Waals surface area contributed by atoms with Gasteiger partial charge in [0.25, 0.3) is 0 Å². The molecule has 2 aromatic heterocycles. The Morgan fingerprint density at radius 2 is 2.29 bits per heavy atom. The summed E-state index contributed by atoms with van der Waals surface area (Å²) in [5, 5.41) is -0.215. The summed E-state index contributed by atoms with van der Waals surface area (Å²) in [6.07, 6.45) is 5.21. The number of nitrogens with zero attached hydrogens (tertiary/aromatic N) is 3. The Morgan fingerprint density at radius 3 is 2.79 bits per heavy atom. The van der Waals surface area contributed by atoms with Crippen molar-refractivity contribution in [3.8, 4) is 11.5 Å². The lowest BCUT2D eigenvalue weighted by atomic mass is 10.4. The molecule has 0 aliphatic heterocycles. The predicted octanol–water partition coefficient (Wildman–Crippen LogP) is 2.37. The summed E-state index contributed by atoms with van der Waals surface area (Å²) in [7, 11) is 1.90. The number of imidazole rings is 1. The van der Waals surface area contributed by atoms with E-state index in [0.717, 1.165) is 5.69 Å². The van der Waals surface area contributed by atoms with E-state index in [9.17, 15) is 0 Å². The van der Waals surface area contributed by atoms with Gasteiger partial charge in [-0.1, -0.05) is 0 Å². The number of hydrogen-bond donors (Lipinski definition) is 0. The molecule has 0 fully saturated rings. The molecule has 0 aliphatic rings. The van der Waals surface area contributed by atoms with Gasteiger partial charge >= 0.3 is 0 Å². The first-order valence-corrected chi connectivity index (χ1v) is 4.68. The molecule has 0 spiro atoms. The average molecular weight is 212 g/mol. The van der Waals surface area contributed by atoms with E-state index >= 15 is 0 Å². The van der Waals surface area contributed by atoms with Crippen molar-refractivity contribution < 1.29 is 4.42 Å². The minimum atomic E-state index is -0.215. The van der Waals surface area contributed by atoms with Crippen molar-refractivity contribution in [1.29, 1.82) is 0 Å². The van der Waals surface area contributed by atoms with Crippen LogP contribution >= 0.6 is 11.6 Å². The van der Waals surface area contributed by atoms with Crippen LogP contribution < -0.4 is 0 Å². The van der Waals surface area contributed by atoms with Crippen LogP contribution in [0, 0.1) is 0 Å². The van der Waals surface area contributed by atoms with E-state index in [0.29, 0.717) is 11.7 Å². The fourth-order valence-electron chi connectivity index (χ4n) is 1.13. The molecule has 0 bridgehead atoms. The third kappa shape index (κ3) is 1.65. The van der Waals surface area contributed by atoms with E-state index < -0.39 is 0 Å². The molecule has 2 heterocycles. The monoisotopic (exact) mass is 211 g/mol. The summed E-state index contributed by atoms with van der Waals surface area (Å²) in [6.45, 7) is 1.82. The van der Waals surface area contributed by atoms with Crippen molar-refractivity contribution in [1.82, 2.24) is 14.5 Å². The summed E-state index contributed by atoms with van der Waals surface area (Å²) < 4.78 is 7.27. The Hall–Kier alpha value is -1.29.